The molecular weight excluding hydrogens is 364 g/mol. The van der Waals surface area contributed by atoms with Crippen molar-refractivity contribution < 1.29 is 17.9 Å². The molecule has 0 atom stereocenters. The van der Waals surface area contributed by atoms with E-state index in [0.29, 0.717) is 5.56 Å². The van der Waals surface area contributed by atoms with Crippen LogP contribution in [0.4, 0.5) is 0 Å². The number of hydrogen-bond donors (Lipinski definition) is 2. The molecule has 2 rings (SSSR count). The topological polar surface area (TPSA) is 84.5 Å². The smallest absolute Gasteiger partial charge is 0.244 e. The third kappa shape index (κ3) is 5.99. The fourth-order valence-electron chi connectivity index (χ4n) is 2.15. The Morgan fingerprint density at radius 3 is 2.59 bits per heavy atom. The second-order valence-electron chi connectivity index (χ2n) is 5.34. The minimum atomic E-state index is -3.67. The van der Waals surface area contributed by atoms with Crippen LogP contribution in [0.3, 0.4) is 0 Å². The summed E-state index contributed by atoms with van der Waals surface area (Å²) in [7, 11) is -0.961. The van der Waals surface area contributed by atoms with Crippen LogP contribution in [-0.2, 0) is 14.8 Å². The van der Waals surface area contributed by atoms with E-state index >= 15 is 0 Å². The summed E-state index contributed by atoms with van der Waals surface area (Å²) in [5, 5.41) is 2.65. The molecule has 1 amide bonds. The molecule has 0 unspecified atom stereocenters. The first-order valence-corrected chi connectivity index (χ1v) is 9.56. The number of methoxy groups -OCH3 is 1. The van der Waals surface area contributed by atoms with E-state index in [-0.39, 0.29) is 23.1 Å². The summed E-state index contributed by atoms with van der Waals surface area (Å²) < 4.78 is 31.4. The summed E-state index contributed by atoms with van der Waals surface area (Å²) in [6.07, 6.45) is 2.84. The lowest BCUT2D eigenvalue weighted by molar-refractivity contribution is -0.116. The van der Waals surface area contributed by atoms with Gasteiger partial charge in [-0.05, 0) is 43.0 Å². The van der Waals surface area contributed by atoms with Crippen molar-refractivity contribution >= 4 is 22.0 Å². The first kappa shape index (κ1) is 20.2. The van der Waals surface area contributed by atoms with E-state index in [1.165, 1.54) is 38.4 Å². The molecule has 0 aliphatic carbocycles. The molecule has 2 aromatic rings. The predicted molar refractivity (Wildman–Crippen MR) is 105 cm³/mol. The van der Waals surface area contributed by atoms with Gasteiger partial charge >= 0.3 is 0 Å². The number of ether oxygens (including phenoxy) is 1. The predicted octanol–water partition coefficient (Wildman–Crippen LogP) is 1.78. The Kier molecular flexibility index (Phi) is 7.17. The Hall–Kier alpha value is -3.08. The summed E-state index contributed by atoms with van der Waals surface area (Å²) in [6.45, 7) is 0.208. The van der Waals surface area contributed by atoms with Gasteiger partial charge in [-0.25, -0.2) is 13.1 Å². The molecule has 0 aliphatic rings. The molecule has 0 spiro atoms. The van der Waals surface area contributed by atoms with Crippen molar-refractivity contribution in [2.75, 3.05) is 20.7 Å². The Bertz CT molecular complexity index is 988. The highest BCUT2D eigenvalue weighted by Crippen LogP contribution is 2.25. The second kappa shape index (κ2) is 9.57. The molecule has 0 aromatic heterocycles. The zero-order valence-electron chi connectivity index (χ0n) is 15.0. The Labute approximate surface area is 159 Å². The average molecular weight is 384 g/mol. The Balaban J connectivity index is 2.02. The van der Waals surface area contributed by atoms with E-state index in [0.717, 1.165) is 5.56 Å². The average Bonchev–Trinajstić information content (AvgIpc) is 2.70. The van der Waals surface area contributed by atoms with Crippen LogP contribution < -0.4 is 14.8 Å². The van der Waals surface area contributed by atoms with Crippen LogP contribution in [-0.4, -0.2) is 35.0 Å². The second-order valence-corrected chi connectivity index (χ2v) is 7.19. The third-order valence-electron chi connectivity index (χ3n) is 3.53. The molecule has 0 aliphatic heterocycles. The zero-order valence-corrected chi connectivity index (χ0v) is 15.8. The summed E-state index contributed by atoms with van der Waals surface area (Å²) >= 11 is 0. The van der Waals surface area contributed by atoms with Crippen LogP contribution in [0.1, 0.15) is 11.1 Å². The molecular formula is C20H20N2O4S. The van der Waals surface area contributed by atoms with Crippen molar-refractivity contribution in [3.63, 3.8) is 0 Å². The summed E-state index contributed by atoms with van der Waals surface area (Å²) in [4.78, 5) is 11.9. The SMILES string of the molecule is CNS(=O)(=O)c1cc(/C=C/C(=O)NCC#Cc2ccccc2)ccc1OC. The number of nitrogens with one attached hydrogen (secondary N) is 2. The summed E-state index contributed by atoms with van der Waals surface area (Å²) in [5.41, 5.74) is 1.42. The fraction of sp³-hybridized carbons (Fsp3) is 0.150. The van der Waals surface area contributed by atoms with Gasteiger partial charge in [0, 0.05) is 11.6 Å². The van der Waals surface area contributed by atoms with Gasteiger partial charge in [0.2, 0.25) is 15.9 Å². The molecule has 0 saturated carbocycles. The van der Waals surface area contributed by atoms with E-state index in [1.54, 1.807) is 6.07 Å². The molecule has 0 bridgehead atoms. The third-order valence-corrected chi connectivity index (χ3v) is 4.97. The number of rotatable bonds is 6. The lowest BCUT2D eigenvalue weighted by Gasteiger charge is -2.09. The zero-order chi connectivity index (χ0) is 19.7. The lowest BCUT2D eigenvalue weighted by atomic mass is 10.2. The van der Waals surface area contributed by atoms with E-state index < -0.39 is 10.0 Å². The van der Waals surface area contributed by atoms with E-state index in [4.69, 9.17) is 4.74 Å². The van der Waals surface area contributed by atoms with Crippen LogP contribution >= 0.6 is 0 Å². The number of carbonyl (C=O) groups is 1. The van der Waals surface area contributed by atoms with E-state index in [2.05, 4.69) is 21.9 Å². The molecule has 140 valence electrons. The van der Waals surface area contributed by atoms with Crippen molar-refractivity contribution in [1.29, 1.82) is 0 Å². The number of hydrogen-bond acceptors (Lipinski definition) is 4. The summed E-state index contributed by atoms with van der Waals surface area (Å²) in [5.74, 6) is 5.70. The van der Waals surface area contributed by atoms with E-state index in [9.17, 15) is 13.2 Å². The highest BCUT2D eigenvalue weighted by atomic mass is 32.2. The number of sulfonamides is 1. The number of amides is 1. The van der Waals surface area contributed by atoms with Crippen LogP contribution in [0.5, 0.6) is 5.75 Å². The van der Waals surface area contributed by atoms with Crippen molar-refractivity contribution in [3.8, 4) is 17.6 Å². The molecule has 2 N–H and O–H groups in total. The lowest BCUT2D eigenvalue weighted by Crippen LogP contribution is -2.21. The minimum Gasteiger partial charge on any atom is -0.495 e. The van der Waals surface area contributed by atoms with Gasteiger partial charge in [-0.1, -0.05) is 36.1 Å². The van der Waals surface area contributed by atoms with Crippen LogP contribution in [0, 0.1) is 11.8 Å². The first-order valence-electron chi connectivity index (χ1n) is 8.07. The van der Waals surface area contributed by atoms with Gasteiger partial charge < -0.3 is 10.1 Å². The molecule has 6 nitrogen and oxygen atoms in total. The summed E-state index contributed by atoms with van der Waals surface area (Å²) in [6, 6.07) is 14.1. The molecule has 2 aromatic carbocycles. The van der Waals surface area contributed by atoms with Crippen LogP contribution in [0.2, 0.25) is 0 Å². The minimum absolute atomic E-state index is 0.00351. The quantitative estimate of drug-likeness (QED) is 0.587. The van der Waals surface area contributed by atoms with Gasteiger partial charge in [-0.2, -0.15) is 0 Å². The van der Waals surface area contributed by atoms with Crippen molar-refractivity contribution in [1.82, 2.24) is 10.0 Å². The fourth-order valence-corrected chi connectivity index (χ4v) is 3.07. The largest absolute Gasteiger partial charge is 0.495 e. The monoisotopic (exact) mass is 384 g/mol. The maximum absolute atomic E-state index is 12.1. The van der Waals surface area contributed by atoms with Gasteiger partial charge in [0.05, 0.1) is 13.7 Å². The number of carbonyl (C=O) groups excluding carboxylic acids is 1. The number of benzene rings is 2. The van der Waals surface area contributed by atoms with Crippen molar-refractivity contribution in [3.05, 3.63) is 65.7 Å². The van der Waals surface area contributed by atoms with Gasteiger partial charge in [-0.3, -0.25) is 4.79 Å². The molecule has 0 fully saturated rings. The molecule has 0 radical (unpaired) electrons. The van der Waals surface area contributed by atoms with Crippen LogP contribution in [0.25, 0.3) is 6.08 Å². The highest BCUT2D eigenvalue weighted by Gasteiger charge is 2.17. The van der Waals surface area contributed by atoms with Gasteiger partial charge in [-0.15, -0.1) is 0 Å². The highest BCUT2D eigenvalue weighted by molar-refractivity contribution is 7.89. The molecule has 0 saturated heterocycles. The van der Waals surface area contributed by atoms with Crippen molar-refractivity contribution in [2.45, 2.75) is 4.90 Å². The van der Waals surface area contributed by atoms with Gasteiger partial charge in [0.25, 0.3) is 0 Å². The Morgan fingerprint density at radius 1 is 1.19 bits per heavy atom. The standard InChI is InChI=1S/C20H20N2O4S/c1-21-27(24,25)19-15-17(10-12-18(19)26-2)11-13-20(23)22-14-6-9-16-7-4-3-5-8-16/h3-5,7-8,10-13,15,21H,14H2,1-2H3,(H,22,23)/b13-11+. The maximum Gasteiger partial charge on any atom is 0.244 e. The first-order chi connectivity index (χ1) is 13.0. The van der Waals surface area contributed by atoms with Crippen LogP contribution in [0.15, 0.2) is 59.5 Å². The molecule has 27 heavy (non-hydrogen) atoms. The van der Waals surface area contributed by atoms with E-state index in [1.807, 2.05) is 30.3 Å². The molecule has 0 heterocycles. The Morgan fingerprint density at radius 2 is 1.93 bits per heavy atom. The van der Waals surface area contributed by atoms with Gasteiger partial charge in [0.15, 0.2) is 0 Å². The van der Waals surface area contributed by atoms with Crippen molar-refractivity contribution in [2.24, 2.45) is 0 Å². The molecule has 7 heteroatoms. The normalized spacial score (nSPS) is 10.9. The maximum atomic E-state index is 12.1. The van der Waals surface area contributed by atoms with Gasteiger partial charge in [0.1, 0.15) is 10.6 Å².